The Morgan fingerprint density at radius 2 is 1.85 bits per heavy atom. The highest BCUT2D eigenvalue weighted by Gasteiger charge is 2.33. The van der Waals surface area contributed by atoms with Gasteiger partial charge in [-0.05, 0) is 75.2 Å². The molecule has 0 unspecified atom stereocenters. The van der Waals surface area contributed by atoms with Gasteiger partial charge in [-0.1, -0.05) is 17.3 Å². The molecule has 1 aliphatic rings. The van der Waals surface area contributed by atoms with Crippen molar-refractivity contribution in [3.63, 3.8) is 0 Å². The SMILES string of the molecule is Cc1ccc(C(=O)Nc2ccc(CNCCN3CCCC3)c(C(F)(F)F)c2)cc1-n1cc(-c2cnn(C)c2C)nn1. The zero-order valence-electron chi connectivity index (χ0n) is 23.3. The minimum absolute atomic E-state index is 0.0698. The van der Waals surface area contributed by atoms with Crippen LogP contribution in [-0.2, 0) is 19.8 Å². The summed E-state index contributed by atoms with van der Waals surface area (Å²) in [5, 5.41) is 18.5. The summed E-state index contributed by atoms with van der Waals surface area (Å²) in [6, 6.07) is 8.94. The zero-order chi connectivity index (χ0) is 29.1. The Kier molecular flexibility index (Phi) is 8.22. The Morgan fingerprint density at radius 1 is 1.07 bits per heavy atom. The highest BCUT2D eigenvalue weighted by atomic mass is 19.4. The van der Waals surface area contributed by atoms with Gasteiger partial charge < -0.3 is 15.5 Å². The molecule has 0 aliphatic carbocycles. The number of nitrogens with zero attached hydrogens (tertiary/aromatic N) is 6. The van der Waals surface area contributed by atoms with Gasteiger partial charge in [-0.15, -0.1) is 5.10 Å². The standard InChI is InChI=1S/C29H33F3N8O/c1-19-6-7-21(14-27(19)40-18-26(36-37-40)24-17-34-38(3)20(24)2)28(41)35-23-9-8-22(25(15-23)29(30,31)32)16-33-10-13-39-11-4-5-12-39/h6-9,14-15,17-18,33H,4-5,10-13,16H2,1-3H3,(H,35,41). The number of rotatable bonds is 9. The summed E-state index contributed by atoms with van der Waals surface area (Å²) in [6.45, 7) is 7.40. The van der Waals surface area contributed by atoms with Crippen molar-refractivity contribution >= 4 is 11.6 Å². The Morgan fingerprint density at radius 3 is 2.56 bits per heavy atom. The lowest BCUT2D eigenvalue weighted by Crippen LogP contribution is -2.30. The van der Waals surface area contributed by atoms with E-state index in [1.165, 1.54) is 25.0 Å². The van der Waals surface area contributed by atoms with Gasteiger partial charge in [0, 0.05) is 49.2 Å². The van der Waals surface area contributed by atoms with E-state index in [-0.39, 0.29) is 23.4 Å². The van der Waals surface area contributed by atoms with Gasteiger partial charge in [0.25, 0.3) is 5.91 Å². The molecule has 0 bridgehead atoms. The van der Waals surface area contributed by atoms with E-state index in [2.05, 4.69) is 30.9 Å². The van der Waals surface area contributed by atoms with E-state index in [0.29, 0.717) is 17.9 Å². The van der Waals surface area contributed by atoms with Crippen molar-refractivity contribution in [1.82, 2.24) is 35.0 Å². The average Bonchev–Trinajstić information content (AvgIpc) is 3.70. The predicted octanol–water partition coefficient (Wildman–Crippen LogP) is 4.74. The molecule has 2 aromatic heterocycles. The van der Waals surface area contributed by atoms with Crippen LogP contribution in [0.5, 0.6) is 0 Å². The maximum atomic E-state index is 13.9. The van der Waals surface area contributed by atoms with Crippen molar-refractivity contribution in [3.05, 3.63) is 76.7 Å². The number of aryl methyl sites for hydroxylation is 2. The number of halogens is 3. The molecule has 0 saturated carbocycles. The van der Waals surface area contributed by atoms with Gasteiger partial charge in [0.15, 0.2) is 0 Å². The lowest BCUT2D eigenvalue weighted by molar-refractivity contribution is -0.138. The van der Waals surface area contributed by atoms with Gasteiger partial charge in [0.05, 0.1) is 23.6 Å². The Bertz CT molecular complexity index is 1540. The summed E-state index contributed by atoms with van der Waals surface area (Å²) < 4.78 is 45.0. The minimum atomic E-state index is -4.55. The molecule has 9 nitrogen and oxygen atoms in total. The molecule has 41 heavy (non-hydrogen) atoms. The fourth-order valence-electron chi connectivity index (χ4n) is 4.99. The second-order valence-electron chi connectivity index (χ2n) is 10.4. The first-order chi connectivity index (χ1) is 19.6. The van der Waals surface area contributed by atoms with Crippen molar-refractivity contribution in [3.8, 4) is 16.9 Å². The van der Waals surface area contributed by atoms with Crippen LogP contribution < -0.4 is 10.6 Å². The van der Waals surface area contributed by atoms with E-state index in [0.717, 1.165) is 42.5 Å². The van der Waals surface area contributed by atoms with E-state index in [1.807, 2.05) is 20.9 Å². The molecular weight excluding hydrogens is 533 g/mol. The fraction of sp³-hybridized carbons (Fsp3) is 0.379. The molecule has 216 valence electrons. The second kappa shape index (κ2) is 11.8. The summed E-state index contributed by atoms with van der Waals surface area (Å²) >= 11 is 0. The van der Waals surface area contributed by atoms with Crippen LogP contribution >= 0.6 is 0 Å². The van der Waals surface area contributed by atoms with Gasteiger partial charge in [-0.25, -0.2) is 4.68 Å². The van der Waals surface area contributed by atoms with Crippen LogP contribution in [-0.4, -0.2) is 61.8 Å². The summed E-state index contributed by atoms with van der Waals surface area (Å²) in [6.07, 6.45) is 1.25. The Labute approximate surface area is 236 Å². The van der Waals surface area contributed by atoms with Crippen LogP contribution in [0.25, 0.3) is 16.9 Å². The monoisotopic (exact) mass is 566 g/mol. The summed E-state index contributed by atoms with van der Waals surface area (Å²) in [5.41, 5.74) is 3.61. The van der Waals surface area contributed by atoms with Crippen molar-refractivity contribution in [2.24, 2.45) is 7.05 Å². The minimum Gasteiger partial charge on any atom is -0.322 e. The largest absolute Gasteiger partial charge is 0.416 e. The van der Waals surface area contributed by atoms with Gasteiger partial charge >= 0.3 is 6.18 Å². The van der Waals surface area contributed by atoms with Gasteiger partial charge in [0.2, 0.25) is 0 Å². The first-order valence-corrected chi connectivity index (χ1v) is 13.6. The number of hydrogen-bond donors (Lipinski definition) is 2. The van der Waals surface area contributed by atoms with E-state index >= 15 is 0 Å². The third kappa shape index (κ3) is 6.49. The first kappa shape index (κ1) is 28.5. The highest BCUT2D eigenvalue weighted by molar-refractivity contribution is 6.04. The number of likely N-dealkylation sites (tertiary alicyclic amines) is 1. The summed E-state index contributed by atoms with van der Waals surface area (Å²) in [4.78, 5) is 15.4. The van der Waals surface area contributed by atoms with Crippen molar-refractivity contribution in [2.75, 3.05) is 31.5 Å². The number of nitrogens with one attached hydrogen (secondary N) is 2. The molecule has 12 heteroatoms. The van der Waals surface area contributed by atoms with Crippen molar-refractivity contribution in [1.29, 1.82) is 0 Å². The van der Waals surface area contributed by atoms with Crippen LogP contribution in [0.3, 0.4) is 0 Å². The fourth-order valence-corrected chi connectivity index (χ4v) is 4.99. The van der Waals surface area contributed by atoms with Gasteiger partial charge in [0.1, 0.15) is 5.69 Å². The molecule has 2 aromatic carbocycles. The Hall–Kier alpha value is -4.03. The molecule has 0 spiro atoms. The smallest absolute Gasteiger partial charge is 0.322 e. The summed E-state index contributed by atoms with van der Waals surface area (Å²) in [7, 11) is 1.84. The lowest BCUT2D eigenvalue weighted by Gasteiger charge is -2.17. The van der Waals surface area contributed by atoms with E-state index in [9.17, 15) is 18.0 Å². The van der Waals surface area contributed by atoms with E-state index in [4.69, 9.17) is 0 Å². The van der Waals surface area contributed by atoms with Crippen LogP contribution in [0.15, 0.2) is 48.8 Å². The molecule has 2 N–H and O–H groups in total. The first-order valence-electron chi connectivity index (χ1n) is 13.6. The lowest BCUT2D eigenvalue weighted by atomic mass is 10.1. The number of hydrogen-bond acceptors (Lipinski definition) is 6. The number of carbonyl (C=O) groups is 1. The van der Waals surface area contributed by atoms with Crippen LogP contribution in [0.4, 0.5) is 18.9 Å². The molecule has 1 saturated heterocycles. The Balaban J connectivity index is 1.30. The van der Waals surface area contributed by atoms with Crippen LogP contribution in [0, 0.1) is 13.8 Å². The molecule has 3 heterocycles. The van der Waals surface area contributed by atoms with Gasteiger partial charge in [-0.2, -0.15) is 18.3 Å². The normalized spacial score (nSPS) is 14.1. The van der Waals surface area contributed by atoms with Gasteiger partial charge in [-0.3, -0.25) is 9.48 Å². The number of amides is 1. The molecule has 4 aromatic rings. The van der Waals surface area contributed by atoms with Crippen LogP contribution in [0.1, 0.15) is 45.6 Å². The maximum Gasteiger partial charge on any atom is 0.416 e. The molecule has 1 aliphatic heterocycles. The van der Waals surface area contributed by atoms with Crippen molar-refractivity contribution in [2.45, 2.75) is 39.4 Å². The highest BCUT2D eigenvalue weighted by Crippen LogP contribution is 2.34. The quantitative estimate of drug-likeness (QED) is 0.285. The average molecular weight is 567 g/mol. The predicted molar refractivity (Wildman–Crippen MR) is 150 cm³/mol. The zero-order valence-corrected chi connectivity index (χ0v) is 23.3. The number of aromatic nitrogens is 5. The maximum absolute atomic E-state index is 13.9. The van der Waals surface area contributed by atoms with E-state index in [1.54, 1.807) is 40.0 Å². The number of anilines is 1. The second-order valence-corrected chi connectivity index (χ2v) is 10.4. The number of alkyl halides is 3. The summed E-state index contributed by atoms with van der Waals surface area (Å²) in [5.74, 6) is -0.528. The van der Waals surface area contributed by atoms with Crippen LogP contribution in [0.2, 0.25) is 0 Å². The molecule has 0 radical (unpaired) electrons. The molecule has 1 fully saturated rings. The molecule has 1 amide bonds. The number of carbonyl (C=O) groups excluding carboxylic acids is 1. The topological polar surface area (TPSA) is 92.9 Å². The molecule has 5 rings (SSSR count). The molecular formula is C29H33F3N8O. The molecule has 0 atom stereocenters. The van der Waals surface area contributed by atoms with E-state index < -0.39 is 17.6 Å². The van der Waals surface area contributed by atoms with Crippen molar-refractivity contribution < 1.29 is 18.0 Å². The number of benzene rings is 2. The third-order valence-electron chi connectivity index (χ3n) is 7.51. The third-order valence-corrected chi connectivity index (χ3v) is 7.51.